The average molecular weight is 365 g/mol. The summed E-state index contributed by atoms with van der Waals surface area (Å²) in [6.07, 6.45) is 1.09. The third kappa shape index (κ3) is 3.88. The van der Waals surface area contributed by atoms with E-state index in [-0.39, 0.29) is 11.7 Å². The van der Waals surface area contributed by atoms with Crippen molar-refractivity contribution in [1.82, 2.24) is 14.8 Å². The van der Waals surface area contributed by atoms with Crippen LogP contribution in [0, 0.1) is 11.7 Å². The zero-order valence-electron chi connectivity index (χ0n) is 15.5. The first-order valence-corrected chi connectivity index (χ1v) is 9.39. The van der Waals surface area contributed by atoms with Gasteiger partial charge in [0.1, 0.15) is 11.5 Å². The number of aromatic amines is 1. The molecule has 0 spiro atoms. The molecule has 0 aliphatic carbocycles. The second-order valence-corrected chi connectivity index (χ2v) is 7.45. The van der Waals surface area contributed by atoms with Crippen LogP contribution in [0.5, 0.6) is 0 Å². The summed E-state index contributed by atoms with van der Waals surface area (Å²) in [4.78, 5) is 20.0. The fraction of sp³-hybridized carbons (Fsp3) is 0.318. The van der Waals surface area contributed by atoms with E-state index in [1.807, 2.05) is 13.1 Å². The van der Waals surface area contributed by atoms with Crippen LogP contribution in [0.25, 0.3) is 10.9 Å². The number of nitrogens with one attached hydrogen (secondary N) is 1. The second kappa shape index (κ2) is 7.53. The van der Waals surface area contributed by atoms with Crippen LogP contribution in [0.4, 0.5) is 4.39 Å². The Hall–Kier alpha value is -2.66. The molecule has 0 radical (unpaired) electrons. The van der Waals surface area contributed by atoms with Crippen LogP contribution in [-0.2, 0) is 6.54 Å². The summed E-state index contributed by atoms with van der Waals surface area (Å²) < 4.78 is 13.9. The van der Waals surface area contributed by atoms with E-state index in [4.69, 9.17) is 0 Å². The maximum Gasteiger partial charge on any atom is 0.270 e. The molecule has 0 saturated carbocycles. The van der Waals surface area contributed by atoms with Crippen molar-refractivity contribution in [3.05, 3.63) is 71.7 Å². The van der Waals surface area contributed by atoms with Crippen LogP contribution in [-0.4, -0.2) is 47.4 Å². The molecule has 1 fully saturated rings. The molecule has 5 heteroatoms. The normalized spacial score (nSPS) is 17.5. The third-order valence-corrected chi connectivity index (χ3v) is 5.34. The summed E-state index contributed by atoms with van der Waals surface area (Å²) in [5.41, 5.74) is 2.42. The molecule has 3 aromatic rings. The lowest BCUT2D eigenvalue weighted by molar-refractivity contribution is 0.0768. The van der Waals surface area contributed by atoms with E-state index < -0.39 is 0 Å². The highest BCUT2D eigenvalue weighted by Crippen LogP contribution is 2.22. The second-order valence-electron chi connectivity index (χ2n) is 7.45. The molecule has 140 valence electrons. The number of amides is 1. The molecule has 2 heterocycles. The lowest BCUT2D eigenvalue weighted by Gasteiger charge is -2.21. The minimum atomic E-state index is -0.308. The van der Waals surface area contributed by atoms with E-state index in [9.17, 15) is 9.18 Å². The van der Waals surface area contributed by atoms with E-state index in [0.29, 0.717) is 29.1 Å². The predicted octanol–water partition coefficient (Wildman–Crippen LogP) is 3.90. The van der Waals surface area contributed by atoms with Crippen molar-refractivity contribution in [2.75, 3.05) is 26.7 Å². The number of aromatic nitrogens is 1. The Labute approximate surface area is 158 Å². The van der Waals surface area contributed by atoms with Gasteiger partial charge in [-0.15, -0.1) is 0 Å². The quantitative estimate of drug-likeness (QED) is 0.745. The fourth-order valence-electron chi connectivity index (χ4n) is 3.96. The highest BCUT2D eigenvalue weighted by molar-refractivity contribution is 5.98. The van der Waals surface area contributed by atoms with Gasteiger partial charge in [-0.05, 0) is 42.6 Å². The van der Waals surface area contributed by atoms with Gasteiger partial charge in [-0.25, -0.2) is 4.39 Å². The summed E-state index contributed by atoms with van der Waals surface area (Å²) >= 11 is 0. The third-order valence-electron chi connectivity index (χ3n) is 5.34. The van der Waals surface area contributed by atoms with Gasteiger partial charge in [-0.1, -0.05) is 36.4 Å². The van der Waals surface area contributed by atoms with E-state index in [0.717, 1.165) is 26.1 Å². The number of hydrogen-bond acceptors (Lipinski definition) is 2. The van der Waals surface area contributed by atoms with Crippen LogP contribution in [0.3, 0.4) is 0 Å². The number of carbonyl (C=O) groups excluding carboxylic acids is 1. The minimum Gasteiger partial charge on any atom is -0.350 e. The zero-order valence-corrected chi connectivity index (χ0v) is 15.5. The predicted molar refractivity (Wildman–Crippen MR) is 105 cm³/mol. The Morgan fingerprint density at radius 3 is 2.81 bits per heavy atom. The molecule has 1 aliphatic heterocycles. The lowest BCUT2D eigenvalue weighted by Crippen LogP contribution is -2.33. The number of nitrogens with zero attached hydrogens (tertiary/aromatic N) is 2. The first-order chi connectivity index (χ1) is 13.1. The van der Waals surface area contributed by atoms with Crippen molar-refractivity contribution in [2.45, 2.75) is 13.0 Å². The molecule has 27 heavy (non-hydrogen) atoms. The van der Waals surface area contributed by atoms with E-state index >= 15 is 0 Å². The maximum atomic E-state index is 13.9. The highest BCUT2D eigenvalue weighted by atomic mass is 19.1. The van der Waals surface area contributed by atoms with Crippen LogP contribution in [0.1, 0.15) is 22.5 Å². The van der Waals surface area contributed by atoms with Gasteiger partial charge in [0.25, 0.3) is 5.91 Å². The summed E-state index contributed by atoms with van der Waals surface area (Å²) in [6, 6.07) is 16.9. The van der Waals surface area contributed by atoms with Gasteiger partial charge >= 0.3 is 0 Å². The van der Waals surface area contributed by atoms with Gasteiger partial charge in [0.15, 0.2) is 0 Å². The molecule has 2 aromatic carbocycles. The number of rotatable bonds is 5. The maximum absolute atomic E-state index is 13.9. The van der Waals surface area contributed by atoms with Crippen LogP contribution >= 0.6 is 0 Å². The van der Waals surface area contributed by atoms with Gasteiger partial charge in [-0.2, -0.15) is 0 Å². The number of H-pyrrole nitrogens is 1. The molecule has 1 aliphatic rings. The van der Waals surface area contributed by atoms with E-state index in [2.05, 4.69) is 34.1 Å². The van der Waals surface area contributed by atoms with Crippen LogP contribution in [0.2, 0.25) is 0 Å². The van der Waals surface area contributed by atoms with Crippen molar-refractivity contribution in [3.8, 4) is 0 Å². The molecule has 1 aromatic heterocycles. The number of halogens is 1. The minimum absolute atomic E-state index is 0.0906. The van der Waals surface area contributed by atoms with Crippen LogP contribution < -0.4 is 0 Å². The number of likely N-dealkylation sites (tertiary alicyclic amines) is 1. The van der Waals surface area contributed by atoms with Crippen molar-refractivity contribution in [1.29, 1.82) is 0 Å². The Morgan fingerprint density at radius 1 is 1.22 bits per heavy atom. The van der Waals surface area contributed by atoms with Gasteiger partial charge < -0.3 is 9.88 Å². The SMILES string of the molecule is CN(C[C@@H]1CCN(Cc2ccccc2)C1)C(=O)c1cc2c(F)cccc2[nH]1. The van der Waals surface area contributed by atoms with E-state index in [1.54, 1.807) is 23.1 Å². The molecule has 1 N–H and O–H groups in total. The highest BCUT2D eigenvalue weighted by Gasteiger charge is 2.26. The summed E-state index contributed by atoms with van der Waals surface area (Å²) in [6.45, 7) is 3.71. The molecule has 0 unspecified atom stereocenters. The molecular formula is C22H24FN3O. The van der Waals surface area contributed by atoms with Gasteiger partial charge in [-0.3, -0.25) is 9.69 Å². The lowest BCUT2D eigenvalue weighted by atomic mass is 10.1. The molecule has 1 amide bonds. The van der Waals surface area contributed by atoms with Crippen molar-refractivity contribution in [3.63, 3.8) is 0 Å². The Bertz CT molecular complexity index is 937. The molecule has 1 saturated heterocycles. The summed E-state index contributed by atoms with van der Waals surface area (Å²) in [5, 5.41) is 0.462. The van der Waals surface area contributed by atoms with Crippen molar-refractivity contribution in [2.24, 2.45) is 5.92 Å². The topological polar surface area (TPSA) is 39.3 Å². The van der Waals surface area contributed by atoms with Gasteiger partial charge in [0.05, 0.1) is 0 Å². The van der Waals surface area contributed by atoms with Gasteiger partial charge in [0.2, 0.25) is 0 Å². The Balaban J connectivity index is 1.36. The molecular weight excluding hydrogens is 341 g/mol. The van der Waals surface area contributed by atoms with Crippen LogP contribution in [0.15, 0.2) is 54.6 Å². The number of benzene rings is 2. The zero-order chi connectivity index (χ0) is 18.8. The summed E-state index contributed by atoms with van der Waals surface area (Å²) in [7, 11) is 1.82. The van der Waals surface area contributed by atoms with Gasteiger partial charge in [0, 0.05) is 37.6 Å². The molecule has 4 rings (SSSR count). The molecule has 1 atom stereocenters. The Kier molecular flexibility index (Phi) is 4.94. The number of carbonyl (C=O) groups is 1. The average Bonchev–Trinajstić information content (AvgIpc) is 3.29. The Morgan fingerprint density at radius 2 is 2.04 bits per heavy atom. The van der Waals surface area contributed by atoms with Crippen molar-refractivity contribution >= 4 is 16.8 Å². The first kappa shape index (κ1) is 17.7. The summed E-state index contributed by atoms with van der Waals surface area (Å²) in [5.74, 6) is 0.0636. The van der Waals surface area contributed by atoms with Crippen molar-refractivity contribution < 1.29 is 9.18 Å². The number of fused-ring (bicyclic) bond motifs is 1. The monoisotopic (exact) mass is 365 g/mol. The van der Waals surface area contributed by atoms with E-state index in [1.165, 1.54) is 11.6 Å². The molecule has 0 bridgehead atoms. The fourth-order valence-corrected chi connectivity index (χ4v) is 3.96. The first-order valence-electron chi connectivity index (χ1n) is 9.39. The smallest absolute Gasteiger partial charge is 0.270 e. The molecule has 4 nitrogen and oxygen atoms in total. The number of hydrogen-bond donors (Lipinski definition) is 1. The largest absolute Gasteiger partial charge is 0.350 e. The standard InChI is InChI=1S/C22H24FN3O/c1-25(22(27)21-12-18-19(23)8-5-9-20(18)24-21)13-17-10-11-26(15-17)14-16-6-3-2-4-7-16/h2-9,12,17,24H,10-11,13-15H2,1H3/t17-/m0/s1.